The summed E-state index contributed by atoms with van der Waals surface area (Å²) in [6.45, 7) is 2.98. The van der Waals surface area contributed by atoms with E-state index in [0.717, 1.165) is 38.1 Å². The van der Waals surface area contributed by atoms with Gasteiger partial charge in [0.1, 0.15) is 0 Å². The van der Waals surface area contributed by atoms with Gasteiger partial charge in [-0.1, -0.05) is 60.1 Å². The van der Waals surface area contributed by atoms with Crippen LogP contribution in [0.25, 0.3) is 6.08 Å². The molecular weight excluding hydrogens is 346 g/mol. The molecule has 1 aliphatic rings. The monoisotopic (exact) mass is 369 g/mol. The molecule has 26 heavy (non-hydrogen) atoms. The highest BCUT2D eigenvalue weighted by Crippen LogP contribution is 2.20. The number of amides is 1. The summed E-state index contributed by atoms with van der Waals surface area (Å²) >= 11 is 6.12. The third-order valence-electron chi connectivity index (χ3n) is 4.70. The van der Waals surface area contributed by atoms with Gasteiger partial charge in [-0.2, -0.15) is 0 Å². The molecule has 0 N–H and O–H groups in total. The van der Waals surface area contributed by atoms with Gasteiger partial charge in [-0.05, 0) is 42.0 Å². The van der Waals surface area contributed by atoms with Crippen LogP contribution in [0.4, 0.5) is 0 Å². The number of ether oxygens (including phenoxy) is 1. The van der Waals surface area contributed by atoms with E-state index in [1.807, 2.05) is 47.4 Å². The third kappa shape index (κ3) is 5.45. The molecule has 2 aromatic carbocycles. The number of halogens is 1. The van der Waals surface area contributed by atoms with Gasteiger partial charge in [0.05, 0.1) is 6.61 Å². The molecule has 3 nitrogen and oxygen atoms in total. The van der Waals surface area contributed by atoms with Gasteiger partial charge in [0, 0.05) is 30.8 Å². The lowest BCUT2D eigenvalue weighted by atomic mass is 9.97. The summed E-state index contributed by atoms with van der Waals surface area (Å²) in [5, 5.41) is 0.658. The maximum atomic E-state index is 12.4. The Morgan fingerprint density at radius 1 is 1.08 bits per heavy atom. The van der Waals surface area contributed by atoms with Crippen LogP contribution in [0.15, 0.2) is 60.7 Å². The van der Waals surface area contributed by atoms with Crippen molar-refractivity contribution in [1.29, 1.82) is 0 Å². The maximum Gasteiger partial charge on any atom is 0.246 e. The number of carbonyl (C=O) groups is 1. The lowest BCUT2D eigenvalue weighted by molar-refractivity contribution is -0.127. The summed E-state index contributed by atoms with van der Waals surface area (Å²) in [4.78, 5) is 14.3. The quantitative estimate of drug-likeness (QED) is 0.684. The van der Waals surface area contributed by atoms with Gasteiger partial charge >= 0.3 is 0 Å². The van der Waals surface area contributed by atoms with Crippen molar-refractivity contribution >= 4 is 23.6 Å². The fraction of sp³-hybridized carbons (Fsp3) is 0.318. The van der Waals surface area contributed by atoms with Crippen LogP contribution in [0.2, 0.25) is 5.02 Å². The SMILES string of the molecule is O=C(/C=C/c1ccccc1Cl)N1CCC(COCc2ccccc2)CC1. The van der Waals surface area contributed by atoms with E-state index in [9.17, 15) is 4.79 Å². The zero-order valence-electron chi connectivity index (χ0n) is 14.8. The molecule has 0 spiro atoms. The van der Waals surface area contributed by atoms with E-state index in [-0.39, 0.29) is 5.91 Å². The molecule has 1 saturated heterocycles. The minimum atomic E-state index is 0.0496. The summed E-state index contributed by atoms with van der Waals surface area (Å²) in [5.74, 6) is 0.573. The van der Waals surface area contributed by atoms with Crippen LogP contribution in [0.3, 0.4) is 0 Å². The Labute approximate surface area is 160 Å². The van der Waals surface area contributed by atoms with Crippen molar-refractivity contribution in [2.45, 2.75) is 19.4 Å². The molecule has 1 fully saturated rings. The molecule has 2 aromatic rings. The minimum Gasteiger partial charge on any atom is -0.376 e. The minimum absolute atomic E-state index is 0.0496. The van der Waals surface area contributed by atoms with E-state index >= 15 is 0 Å². The smallest absolute Gasteiger partial charge is 0.246 e. The lowest BCUT2D eigenvalue weighted by Crippen LogP contribution is -2.38. The fourth-order valence-electron chi connectivity index (χ4n) is 3.11. The number of hydrogen-bond donors (Lipinski definition) is 0. The van der Waals surface area contributed by atoms with Gasteiger partial charge < -0.3 is 9.64 Å². The molecule has 1 aliphatic heterocycles. The van der Waals surface area contributed by atoms with E-state index in [1.54, 1.807) is 12.2 Å². The van der Waals surface area contributed by atoms with Gasteiger partial charge in [-0.15, -0.1) is 0 Å². The molecule has 0 unspecified atom stereocenters. The van der Waals surface area contributed by atoms with Crippen LogP contribution in [-0.2, 0) is 16.1 Å². The molecule has 0 bridgehead atoms. The molecule has 0 atom stereocenters. The average molecular weight is 370 g/mol. The maximum absolute atomic E-state index is 12.4. The normalized spacial score (nSPS) is 15.5. The number of carbonyl (C=O) groups excluding carboxylic acids is 1. The summed E-state index contributed by atoms with van der Waals surface area (Å²) in [6.07, 6.45) is 5.38. The van der Waals surface area contributed by atoms with Gasteiger partial charge in [-0.3, -0.25) is 4.79 Å². The van der Waals surface area contributed by atoms with Crippen molar-refractivity contribution in [3.05, 3.63) is 76.8 Å². The van der Waals surface area contributed by atoms with E-state index in [4.69, 9.17) is 16.3 Å². The van der Waals surface area contributed by atoms with Crippen molar-refractivity contribution in [1.82, 2.24) is 4.90 Å². The Bertz CT molecular complexity index is 737. The molecule has 1 amide bonds. The molecule has 4 heteroatoms. The van der Waals surface area contributed by atoms with Crippen LogP contribution >= 0.6 is 11.6 Å². The van der Waals surface area contributed by atoms with Crippen LogP contribution in [-0.4, -0.2) is 30.5 Å². The fourth-order valence-corrected chi connectivity index (χ4v) is 3.31. The zero-order chi connectivity index (χ0) is 18.2. The van der Waals surface area contributed by atoms with Crippen molar-refractivity contribution in [2.24, 2.45) is 5.92 Å². The summed E-state index contributed by atoms with van der Waals surface area (Å²) in [6, 6.07) is 17.7. The summed E-state index contributed by atoms with van der Waals surface area (Å²) in [7, 11) is 0. The zero-order valence-corrected chi connectivity index (χ0v) is 15.6. The molecule has 3 rings (SSSR count). The van der Waals surface area contributed by atoms with Crippen molar-refractivity contribution in [3.63, 3.8) is 0 Å². The highest BCUT2D eigenvalue weighted by atomic mass is 35.5. The number of likely N-dealkylation sites (tertiary alicyclic amines) is 1. The van der Waals surface area contributed by atoms with Gasteiger partial charge in [0.15, 0.2) is 0 Å². The van der Waals surface area contributed by atoms with E-state index < -0.39 is 0 Å². The predicted molar refractivity (Wildman–Crippen MR) is 106 cm³/mol. The predicted octanol–water partition coefficient (Wildman–Crippen LogP) is 4.81. The second-order valence-corrected chi connectivity index (χ2v) is 7.03. The standard InChI is InChI=1S/C22H24ClNO2/c23-21-9-5-4-8-20(21)10-11-22(25)24-14-12-19(13-15-24)17-26-16-18-6-2-1-3-7-18/h1-11,19H,12-17H2/b11-10+. The first-order chi connectivity index (χ1) is 12.7. The number of nitrogens with zero attached hydrogens (tertiary/aromatic N) is 1. The Morgan fingerprint density at radius 3 is 2.50 bits per heavy atom. The summed E-state index contributed by atoms with van der Waals surface area (Å²) < 4.78 is 5.84. The third-order valence-corrected chi connectivity index (χ3v) is 5.05. The van der Waals surface area contributed by atoms with Crippen LogP contribution in [0.5, 0.6) is 0 Å². The molecule has 0 aromatic heterocycles. The van der Waals surface area contributed by atoms with E-state index in [2.05, 4.69) is 12.1 Å². The van der Waals surface area contributed by atoms with Gasteiger partial charge in [0.25, 0.3) is 0 Å². The number of piperidine rings is 1. The van der Waals surface area contributed by atoms with Crippen LogP contribution < -0.4 is 0 Å². The largest absolute Gasteiger partial charge is 0.376 e. The number of rotatable bonds is 6. The van der Waals surface area contributed by atoms with Gasteiger partial charge in [0.2, 0.25) is 5.91 Å². The Morgan fingerprint density at radius 2 is 1.77 bits per heavy atom. The molecule has 0 saturated carbocycles. The summed E-state index contributed by atoms with van der Waals surface area (Å²) in [5.41, 5.74) is 2.07. The Balaban J connectivity index is 1.40. The second-order valence-electron chi connectivity index (χ2n) is 6.62. The van der Waals surface area contributed by atoms with Crippen molar-refractivity contribution in [3.8, 4) is 0 Å². The van der Waals surface area contributed by atoms with Gasteiger partial charge in [-0.25, -0.2) is 0 Å². The molecule has 0 radical (unpaired) electrons. The number of benzene rings is 2. The molecular formula is C22H24ClNO2. The van der Waals surface area contributed by atoms with E-state index in [0.29, 0.717) is 17.5 Å². The topological polar surface area (TPSA) is 29.5 Å². The Hall–Kier alpha value is -2.10. The molecule has 1 heterocycles. The second kappa shape index (κ2) is 9.56. The van der Waals surface area contributed by atoms with Crippen LogP contribution in [0, 0.1) is 5.92 Å². The average Bonchev–Trinajstić information content (AvgIpc) is 2.68. The highest BCUT2D eigenvalue weighted by Gasteiger charge is 2.21. The molecule has 136 valence electrons. The van der Waals surface area contributed by atoms with Crippen molar-refractivity contribution < 1.29 is 9.53 Å². The van der Waals surface area contributed by atoms with Crippen LogP contribution in [0.1, 0.15) is 24.0 Å². The molecule has 0 aliphatic carbocycles. The van der Waals surface area contributed by atoms with E-state index in [1.165, 1.54) is 5.56 Å². The van der Waals surface area contributed by atoms with Crippen molar-refractivity contribution in [2.75, 3.05) is 19.7 Å². The first kappa shape index (κ1) is 18.7. The Kier molecular flexibility index (Phi) is 6.87. The lowest BCUT2D eigenvalue weighted by Gasteiger charge is -2.31. The first-order valence-corrected chi connectivity index (χ1v) is 9.43. The number of hydrogen-bond acceptors (Lipinski definition) is 2. The first-order valence-electron chi connectivity index (χ1n) is 9.05. The highest BCUT2D eigenvalue weighted by molar-refractivity contribution is 6.32.